The molecule has 0 unspecified atom stereocenters. The summed E-state index contributed by atoms with van der Waals surface area (Å²) >= 11 is 0. The van der Waals surface area contributed by atoms with Gasteiger partial charge in [0.15, 0.2) is 5.75 Å². The zero-order valence-corrected chi connectivity index (χ0v) is 7.97. The van der Waals surface area contributed by atoms with Gasteiger partial charge in [-0.1, -0.05) is 17.7 Å². The van der Waals surface area contributed by atoms with Crippen LogP contribution in [0.5, 0.6) is 5.75 Å². The largest absolute Gasteiger partial charge is 0.378 e. The molecule has 0 spiro atoms. The highest BCUT2D eigenvalue weighted by atomic mass is 16.7. The maximum absolute atomic E-state index is 5.52. The molecule has 0 N–H and O–H groups in total. The van der Waals surface area contributed by atoms with Gasteiger partial charge in [0.2, 0.25) is 0 Å². The van der Waals surface area contributed by atoms with Crippen LogP contribution in [0.1, 0.15) is 5.56 Å². The predicted molar refractivity (Wildman–Crippen MR) is 55.1 cm³/mol. The maximum Gasteiger partial charge on any atom is 0.155 e. The fraction of sp³-hybridized carbons (Fsp3) is 0.182. The van der Waals surface area contributed by atoms with E-state index in [-0.39, 0.29) is 0 Å². The summed E-state index contributed by atoms with van der Waals surface area (Å²) < 4.78 is 0. The van der Waals surface area contributed by atoms with Crippen molar-refractivity contribution in [3.63, 3.8) is 0 Å². The van der Waals surface area contributed by atoms with Crippen molar-refractivity contribution in [1.29, 1.82) is 0 Å². The van der Waals surface area contributed by atoms with Crippen molar-refractivity contribution in [2.45, 2.75) is 6.92 Å². The van der Waals surface area contributed by atoms with Crippen LogP contribution in [-0.2, 0) is 0 Å². The number of benzene rings is 1. The van der Waals surface area contributed by atoms with Crippen LogP contribution in [0.15, 0.2) is 41.5 Å². The van der Waals surface area contributed by atoms with Gasteiger partial charge in [0.05, 0.1) is 6.21 Å². The van der Waals surface area contributed by atoms with Crippen LogP contribution in [0.25, 0.3) is 0 Å². The maximum atomic E-state index is 5.52. The quantitative estimate of drug-likeness (QED) is 0.707. The molecule has 0 saturated heterocycles. The minimum atomic E-state index is 0.490. The van der Waals surface area contributed by atoms with Gasteiger partial charge in [0.1, 0.15) is 6.67 Å². The van der Waals surface area contributed by atoms with Gasteiger partial charge >= 0.3 is 0 Å². The van der Waals surface area contributed by atoms with Crippen molar-refractivity contribution >= 4 is 6.21 Å². The molecule has 1 heterocycles. The lowest BCUT2D eigenvalue weighted by atomic mass is 10.2. The van der Waals surface area contributed by atoms with Gasteiger partial charge in [-0.25, -0.2) is 0 Å². The summed E-state index contributed by atoms with van der Waals surface area (Å²) in [7, 11) is 0. The van der Waals surface area contributed by atoms with Crippen LogP contribution < -0.4 is 4.84 Å². The second kappa shape index (κ2) is 3.96. The molecule has 0 atom stereocenters. The van der Waals surface area contributed by atoms with Crippen molar-refractivity contribution in [1.82, 2.24) is 5.06 Å². The second-order valence-electron chi connectivity index (χ2n) is 3.07. The van der Waals surface area contributed by atoms with Crippen molar-refractivity contribution in [3.8, 4) is 5.75 Å². The third-order valence-corrected chi connectivity index (χ3v) is 1.86. The average molecular weight is 187 g/mol. The summed E-state index contributed by atoms with van der Waals surface area (Å²) in [6, 6.07) is 7.90. The van der Waals surface area contributed by atoms with Crippen molar-refractivity contribution < 1.29 is 4.84 Å². The molecule has 3 heteroatoms. The molecule has 1 aliphatic heterocycles. The highest BCUT2D eigenvalue weighted by Gasteiger charge is 2.02. The second-order valence-corrected chi connectivity index (χ2v) is 3.07. The summed E-state index contributed by atoms with van der Waals surface area (Å²) in [5.74, 6) is 0.817. The summed E-state index contributed by atoms with van der Waals surface area (Å²) in [5.41, 5.74) is 1.22. The Bertz CT molecular complexity index is 354. The van der Waals surface area contributed by atoms with E-state index in [1.165, 1.54) is 5.56 Å². The Morgan fingerprint density at radius 1 is 1.36 bits per heavy atom. The molecular weight excluding hydrogens is 176 g/mol. The molecule has 0 amide bonds. The topological polar surface area (TPSA) is 24.8 Å². The minimum absolute atomic E-state index is 0.490. The fourth-order valence-electron chi connectivity index (χ4n) is 1.12. The molecule has 1 aromatic rings. The molecular formula is C11H11N2O. The number of hydroxylamine groups is 2. The van der Waals surface area contributed by atoms with Crippen molar-refractivity contribution in [2.24, 2.45) is 4.99 Å². The van der Waals surface area contributed by atoms with Crippen LogP contribution >= 0.6 is 0 Å². The smallest absolute Gasteiger partial charge is 0.155 e. The van der Waals surface area contributed by atoms with E-state index in [0.29, 0.717) is 6.67 Å². The first-order valence-electron chi connectivity index (χ1n) is 4.44. The molecule has 2 rings (SSSR count). The van der Waals surface area contributed by atoms with Gasteiger partial charge in [0, 0.05) is 6.20 Å². The highest BCUT2D eigenvalue weighted by Crippen LogP contribution is 2.13. The Hall–Kier alpha value is -1.77. The van der Waals surface area contributed by atoms with Crippen LogP contribution in [0.3, 0.4) is 0 Å². The number of aliphatic imine (C=N–C) groups is 1. The van der Waals surface area contributed by atoms with Crippen molar-refractivity contribution in [3.05, 3.63) is 42.1 Å². The summed E-state index contributed by atoms with van der Waals surface area (Å²) in [5, 5.41) is 1.65. The van der Waals surface area contributed by atoms with Crippen LogP contribution in [0, 0.1) is 6.92 Å². The number of allylic oxidation sites excluding steroid dienone is 1. The zero-order chi connectivity index (χ0) is 9.80. The van der Waals surface area contributed by atoms with E-state index in [2.05, 4.69) is 11.2 Å². The first kappa shape index (κ1) is 8.81. The highest BCUT2D eigenvalue weighted by molar-refractivity contribution is 5.71. The Kier molecular flexibility index (Phi) is 2.49. The van der Waals surface area contributed by atoms with Gasteiger partial charge in [0.25, 0.3) is 0 Å². The molecule has 1 radical (unpaired) electrons. The SMILES string of the molecule is Cc1ccc(ON2C=C[C]=NC2)cc1. The number of hydrogen-bond acceptors (Lipinski definition) is 3. The zero-order valence-electron chi connectivity index (χ0n) is 7.97. The fourth-order valence-corrected chi connectivity index (χ4v) is 1.12. The molecule has 71 valence electrons. The lowest BCUT2D eigenvalue weighted by Gasteiger charge is -2.19. The number of rotatable bonds is 2. The standard InChI is InChI=1S/C11H11N2O/c1-10-3-5-11(6-4-10)14-13-8-2-7-12-9-13/h2-6,8H,9H2,1H3. The lowest BCUT2D eigenvalue weighted by Crippen LogP contribution is -2.23. The molecule has 0 bridgehead atoms. The Labute approximate surface area is 83.3 Å². The Balaban J connectivity index is 2.00. The summed E-state index contributed by atoms with van der Waals surface area (Å²) in [4.78, 5) is 9.46. The van der Waals surface area contributed by atoms with E-state index in [1.807, 2.05) is 31.2 Å². The molecule has 0 aromatic heterocycles. The predicted octanol–water partition coefficient (Wildman–Crippen LogP) is 2.02. The van der Waals surface area contributed by atoms with Crippen molar-refractivity contribution in [2.75, 3.05) is 6.67 Å². The number of nitrogens with zero attached hydrogens (tertiary/aromatic N) is 2. The van der Waals surface area contributed by atoms with Gasteiger partial charge in [-0.3, -0.25) is 4.99 Å². The summed E-state index contributed by atoms with van der Waals surface area (Å²) in [6.07, 6.45) is 6.25. The average Bonchev–Trinajstić information content (AvgIpc) is 2.23. The van der Waals surface area contributed by atoms with E-state index in [4.69, 9.17) is 4.84 Å². The van der Waals surface area contributed by atoms with Gasteiger partial charge in [-0.2, -0.15) is 5.06 Å². The molecule has 3 nitrogen and oxygen atoms in total. The molecule has 0 aliphatic carbocycles. The molecule has 1 aromatic carbocycles. The van der Waals surface area contributed by atoms with E-state index in [1.54, 1.807) is 17.3 Å². The van der Waals surface area contributed by atoms with Gasteiger partial charge < -0.3 is 4.84 Å². The van der Waals surface area contributed by atoms with E-state index in [0.717, 1.165) is 5.75 Å². The van der Waals surface area contributed by atoms with Gasteiger partial charge in [-0.15, -0.1) is 0 Å². The molecule has 0 fully saturated rings. The van der Waals surface area contributed by atoms with Crippen LogP contribution in [0.4, 0.5) is 0 Å². The van der Waals surface area contributed by atoms with E-state index < -0.39 is 0 Å². The number of hydrogen-bond donors (Lipinski definition) is 0. The molecule has 14 heavy (non-hydrogen) atoms. The number of aryl methyl sites for hydroxylation is 1. The van der Waals surface area contributed by atoms with Crippen LogP contribution in [-0.4, -0.2) is 17.9 Å². The minimum Gasteiger partial charge on any atom is -0.378 e. The first-order chi connectivity index (χ1) is 6.84. The third-order valence-electron chi connectivity index (χ3n) is 1.86. The van der Waals surface area contributed by atoms with E-state index >= 15 is 0 Å². The monoisotopic (exact) mass is 187 g/mol. The molecule has 0 saturated carbocycles. The Morgan fingerprint density at radius 2 is 2.14 bits per heavy atom. The Morgan fingerprint density at radius 3 is 2.79 bits per heavy atom. The van der Waals surface area contributed by atoms with Crippen LogP contribution in [0.2, 0.25) is 0 Å². The first-order valence-corrected chi connectivity index (χ1v) is 4.44. The normalized spacial score (nSPS) is 14.5. The third kappa shape index (κ3) is 2.13. The molecule has 1 aliphatic rings. The van der Waals surface area contributed by atoms with Gasteiger partial charge in [-0.05, 0) is 25.1 Å². The summed E-state index contributed by atoms with van der Waals surface area (Å²) in [6.45, 7) is 2.54. The lowest BCUT2D eigenvalue weighted by molar-refractivity contribution is -0.00505. The van der Waals surface area contributed by atoms with E-state index in [9.17, 15) is 0 Å².